The summed E-state index contributed by atoms with van der Waals surface area (Å²) in [5.41, 5.74) is 1.37. The average Bonchev–Trinajstić information content (AvgIpc) is 2.78. The molecule has 2 atom stereocenters. The fourth-order valence-corrected chi connectivity index (χ4v) is 4.83. The Labute approximate surface area is 196 Å². The topological polar surface area (TPSA) is 67.9 Å². The summed E-state index contributed by atoms with van der Waals surface area (Å²) in [7, 11) is 1.60. The van der Waals surface area contributed by atoms with Crippen LogP contribution >= 0.6 is 15.9 Å². The molecule has 0 saturated heterocycles. The summed E-state index contributed by atoms with van der Waals surface area (Å²) in [6.07, 6.45) is 6.11. The van der Waals surface area contributed by atoms with Crippen LogP contribution in [0.2, 0.25) is 0 Å². The van der Waals surface area contributed by atoms with Gasteiger partial charge in [0.05, 0.1) is 17.3 Å². The number of nitrogens with one attached hydrogen (secondary N) is 1. The third kappa shape index (κ3) is 4.83. The fraction of sp³-hybridized carbons (Fsp3) is 0.360. The second-order valence-electron chi connectivity index (χ2n) is 8.30. The highest BCUT2D eigenvalue weighted by atomic mass is 79.9. The van der Waals surface area contributed by atoms with Gasteiger partial charge in [0, 0.05) is 6.04 Å². The summed E-state index contributed by atoms with van der Waals surface area (Å²) in [5.74, 6) is 1.36. The van der Waals surface area contributed by atoms with Gasteiger partial charge in [-0.3, -0.25) is 14.5 Å². The smallest absolute Gasteiger partial charge is 0.294 e. The number of carbonyl (C=O) groups excluding carboxylic acids is 2. The molecular weight excluding hydrogens is 472 g/mol. The lowest BCUT2D eigenvalue weighted by atomic mass is 9.86. The molecule has 1 N–H and O–H groups in total. The molecule has 2 aliphatic rings. The number of methoxy groups -OCH3 is 1. The Kier molecular flexibility index (Phi) is 6.84. The van der Waals surface area contributed by atoms with Gasteiger partial charge in [-0.25, -0.2) is 0 Å². The molecule has 4 rings (SSSR count). The van der Waals surface area contributed by atoms with Gasteiger partial charge in [0.1, 0.15) is 12.3 Å². The Morgan fingerprint density at radius 2 is 2.03 bits per heavy atom. The Morgan fingerprint density at radius 1 is 1.25 bits per heavy atom. The van der Waals surface area contributed by atoms with Gasteiger partial charge in [-0.05, 0) is 70.6 Å². The van der Waals surface area contributed by atoms with E-state index in [1.54, 1.807) is 25.3 Å². The number of benzene rings is 2. The van der Waals surface area contributed by atoms with Crippen LogP contribution in [0.3, 0.4) is 0 Å². The van der Waals surface area contributed by atoms with Gasteiger partial charge in [0.2, 0.25) is 5.91 Å². The molecule has 1 saturated carbocycles. The Morgan fingerprint density at radius 3 is 2.78 bits per heavy atom. The van der Waals surface area contributed by atoms with Crippen LogP contribution in [0.4, 0.5) is 5.69 Å². The summed E-state index contributed by atoms with van der Waals surface area (Å²) in [6, 6.07) is 12.9. The van der Waals surface area contributed by atoms with Crippen LogP contribution in [0.5, 0.6) is 11.5 Å². The van der Waals surface area contributed by atoms with E-state index in [9.17, 15) is 9.59 Å². The number of amides is 2. The molecular formula is C25H27BrN2O4. The predicted octanol–water partition coefficient (Wildman–Crippen LogP) is 4.92. The second-order valence-corrected chi connectivity index (χ2v) is 9.15. The van der Waals surface area contributed by atoms with Gasteiger partial charge in [0.25, 0.3) is 5.91 Å². The number of rotatable bonds is 5. The second kappa shape index (κ2) is 9.77. The first kappa shape index (κ1) is 22.4. The molecule has 1 heterocycles. The molecule has 1 aliphatic heterocycles. The van der Waals surface area contributed by atoms with E-state index < -0.39 is 0 Å². The van der Waals surface area contributed by atoms with E-state index in [-0.39, 0.29) is 30.2 Å². The highest BCUT2D eigenvalue weighted by molar-refractivity contribution is 9.10. The van der Waals surface area contributed by atoms with Gasteiger partial charge < -0.3 is 14.8 Å². The number of fused-ring (bicyclic) bond motifs is 1. The largest absolute Gasteiger partial charge is 0.496 e. The number of para-hydroxylation sites is 2. The van der Waals surface area contributed by atoms with Crippen molar-refractivity contribution in [3.8, 4) is 11.5 Å². The highest BCUT2D eigenvalue weighted by Crippen LogP contribution is 2.36. The number of hydrogen-bond acceptors (Lipinski definition) is 4. The number of nitrogens with zero attached hydrogens (tertiary/aromatic N) is 1. The molecule has 1 aliphatic carbocycles. The van der Waals surface area contributed by atoms with Crippen molar-refractivity contribution in [2.75, 3.05) is 18.6 Å². The maximum absolute atomic E-state index is 13.3. The molecule has 0 spiro atoms. The molecule has 2 amide bonds. The van der Waals surface area contributed by atoms with Gasteiger partial charge in [-0.1, -0.05) is 38.0 Å². The Balaban J connectivity index is 1.58. The molecule has 0 radical (unpaired) electrons. The molecule has 2 aromatic carbocycles. The van der Waals surface area contributed by atoms with E-state index >= 15 is 0 Å². The van der Waals surface area contributed by atoms with Crippen LogP contribution in [0.25, 0.3) is 6.08 Å². The molecule has 2 unspecified atom stereocenters. The van der Waals surface area contributed by atoms with Crippen LogP contribution in [0, 0.1) is 5.92 Å². The van der Waals surface area contributed by atoms with Crippen LogP contribution in [-0.2, 0) is 9.59 Å². The third-order valence-electron chi connectivity index (χ3n) is 6.07. The third-order valence-corrected chi connectivity index (χ3v) is 6.68. The van der Waals surface area contributed by atoms with Crippen molar-refractivity contribution in [3.63, 3.8) is 0 Å². The maximum Gasteiger partial charge on any atom is 0.294 e. The standard InChI is InChI=1S/C25H27BrN2O4/c1-16-7-3-4-8-19(16)27-24(29)15-28-20-9-5-6-10-22(20)32-23(25(28)30)14-17-11-12-21(31-2)18(26)13-17/h5-6,9-14,16,19H,3-4,7-8,15H2,1-2H3,(H,27,29)/b23-14-. The molecule has 0 bridgehead atoms. The highest BCUT2D eigenvalue weighted by Gasteiger charge is 2.32. The molecule has 6 nitrogen and oxygen atoms in total. The summed E-state index contributed by atoms with van der Waals surface area (Å²) in [6.45, 7) is 2.12. The zero-order chi connectivity index (χ0) is 22.7. The van der Waals surface area contributed by atoms with Crippen LogP contribution in [0.1, 0.15) is 38.2 Å². The monoisotopic (exact) mass is 498 g/mol. The molecule has 32 heavy (non-hydrogen) atoms. The molecule has 1 fully saturated rings. The maximum atomic E-state index is 13.3. The Hall–Kier alpha value is -2.80. The number of halogens is 1. The van der Waals surface area contributed by atoms with Crippen LogP contribution < -0.4 is 19.7 Å². The number of ether oxygens (including phenoxy) is 2. The SMILES string of the molecule is COc1ccc(/C=C2\Oc3ccccc3N(CC(=O)NC3CCCCC3C)C2=O)cc1Br. The van der Waals surface area contributed by atoms with E-state index in [0.29, 0.717) is 23.1 Å². The number of anilines is 1. The molecule has 2 aromatic rings. The number of carbonyl (C=O) groups is 2. The zero-order valence-corrected chi connectivity index (χ0v) is 19.9. The van der Waals surface area contributed by atoms with Gasteiger partial charge >= 0.3 is 0 Å². The minimum atomic E-state index is -0.345. The van der Waals surface area contributed by atoms with E-state index in [2.05, 4.69) is 28.2 Å². The minimum Gasteiger partial charge on any atom is -0.496 e. The van der Waals surface area contributed by atoms with Crippen molar-refractivity contribution in [3.05, 3.63) is 58.3 Å². The van der Waals surface area contributed by atoms with E-state index in [1.165, 1.54) is 11.3 Å². The summed E-state index contributed by atoms with van der Waals surface area (Å²) >= 11 is 3.47. The normalized spacial score (nSPS) is 21.7. The van der Waals surface area contributed by atoms with Crippen molar-refractivity contribution in [2.45, 2.75) is 38.6 Å². The number of hydrogen-bond donors (Lipinski definition) is 1. The van der Waals surface area contributed by atoms with Crippen LogP contribution in [-0.4, -0.2) is 31.5 Å². The lowest BCUT2D eigenvalue weighted by molar-refractivity contribution is -0.124. The van der Waals surface area contributed by atoms with Crippen molar-refractivity contribution in [1.82, 2.24) is 5.32 Å². The van der Waals surface area contributed by atoms with E-state index in [4.69, 9.17) is 9.47 Å². The Bertz CT molecular complexity index is 1050. The van der Waals surface area contributed by atoms with Crippen LogP contribution in [0.15, 0.2) is 52.7 Å². The molecule has 7 heteroatoms. The van der Waals surface area contributed by atoms with Gasteiger partial charge in [-0.15, -0.1) is 0 Å². The quantitative estimate of drug-likeness (QED) is 0.594. The van der Waals surface area contributed by atoms with Gasteiger partial charge in [-0.2, -0.15) is 0 Å². The first-order chi connectivity index (χ1) is 15.5. The molecule has 0 aromatic heterocycles. The zero-order valence-electron chi connectivity index (χ0n) is 18.3. The first-order valence-corrected chi connectivity index (χ1v) is 11.7. The lowest BCUT2D eigenvalue weighted by Crippen LogP contribution is -2.48. The van der Waals surface area contributed by atoms with E-state index in [0.717, 1.165) is 29.3 Å². The summed E-state index contributed by atoms with van der Waals surface area (Å²) in [5, 5.41) is 3.14. The summed E-state index contributed by atoms with van der Waals surface area (Å²) in [4.78, 5) is 27.7. The predicted molar refractivity (Wildman–Crippen MR) is 128 cm³/mol. The van der Waals surface area contributed by atoms with Crippen molar-refractivity contribution >= 4 is 39.5 Å². The molecule has 168 valence electrons. The summed E-state index contributed by atoms with van der Waals surface area (Å²) < 4.78 is 12.0. The van der Waals surface area contributed by atoms with Crippen molar-refractivity contribution in [1.29, 1.82) is 0 Å². The van der Waals surface area contributed by atoms with Gasteiger partial charge in [0.15, 0.2) is 11.5 Å². The lowest BCUT2D eigenvalue weighted by Gasteiger charge is -2.32. The fourth-order valence-electron chi connectivity index (χ4n) is 4.27. The van der Waals surface area contributed by atoms with E-state index in [1.807, 2.05) is 30.3 Å². The minimum absolute atomic E-state index is 0.0495. The van der Waals surface area contributed by atoms with Crippen molar-refractivity contribution in [2.24, 2.45) is 5.92 Å². The average molecular weight is 499 g/mol. The van der Waals surface area contributed by atoms with Crippen molar-refractivity contribution < 1.29 is 19.1 Å². The first-order valence-electron chi connectivity index (χ1n) is 10.9.